The molecule has 0 spiro atoms. The molecule has 0 unspecified atom stereocenters. The molecule has 25 heavy (non-hydrogen) atoms. The first-order valence-electron chi connectivity index (χ1n) is 7.94. The number of rotatable bonds is 12. The van der Waals surface area contributed by atoms with Crippen molar-refractivity contribution in [3.05, 3.63) is 0 Å². The van der Waals surface area contributed by atoms with Gasteiger partial charge in [0.05, 0.1) is 0 Å². The van der Waals surface area contributed by atoms with E-state index in [-0.39, 0.29) is 6.42 Å². The molecular weight excluding hydrogens is 336 g/mol. The Morgan fingerprint density at radius 3 is 2.08 bits per heavy atom. The van der Waals surface area contributed by atoms with Crippen molar-refractivity contribution < 1.29 is 39.2 Å². The van der Waals surface area contributed by atoms with E-state index in [1.807, 2.05) is 0 Å². The van der Waals surface area contributed by atoms with Gasteiger partial charge in [-0.15, -0.1) is 0 Å². The third kappa shape index (κ3) is 9.62. The number of ether oxygens (including phenoxy) is 1. The zero-order valence-corrected chi connectivity index (χ0v) is 14.5. The molecule has 0 saturated heterocycles. The minimum absolute atomic E-state index is 0.159. The number of carbonyl (C=O) groups excluding carboxylic acids is 2. The van der Waals surface area contributed by atoms with Gasteiger partial charge in [0, 0.05) is 0 Å². The van der Waals surface area contributed by atoms with Gasteiger partial charge in [0.2, 0.25) is 5.91 Å². The molecule has 5 N–H and O–H groups in total. The number of carbonyl (C=O) groups is 4. The third-order valence-electron chi connectivity index (χ3n) is 3.36. The Balaban J connectivity index is 4.53. The van der Waals surface area contributed by atoms with Crippen LogP contribution in [-0.4, -0.2) is 70.0 Å². The molecule has 0 aromatic heterocycles. The first-order chi connectivity index (χ1) is 11.6. The van der Waals surface area contributed by atoms with Crippen LogP contribution in [-0.2, 0) is 23.9 Å². The van der Waals surface area contributed by atoms with E-state index >= 15 is 0 Å². The van der Waals surface area contributed by atoms with Gasteiger partial charge in [-0.3, -0.25) is 9.59 Å². The molecule has 0 radical (unpaired) electrons. The van der Waals surface area contributed by atoms with Crippen molar-refractivity contribution in [2.45, 2.75) is 64.3 Å². The molecule has 0 aliphatic carbocycles. The fourth-order valence-electron chi connectivity index (χ4n) is 1.73. The molecule has 10 nitrogen and oxygen atoms in total. The van der Waals surface area contributed by atoms with Gasteiger partial charge in [-0.25, -0.2) is 9.59 Å². The minimum atomic E-state index is -1.36. The minimum Gasteiger partial charge on any atom is -0.480 e. The van der Waals surface area contributed by atoms with Crippen LogP contribution < -0.4 is 10.6 Å². The van der Waals surface area contributed by atoms with Crippen LogP contribution in [0.2, 0.25) is 0 Å². The van der Waals surface area contributed by atoms with Crippen LogP contribution in [0.25, 0.3) is 0 Å². The monoisotopic (exact) mass is 362 g/mol. The molecular formula is C15H26N2O8. The van der Waals surface area contributed by atoms with Crippen LogP contribution in [0, 0.1) is 0 Å². The fraction of sp³-hybridized carbons (Fsp3) is 0.733. The molecule has 0 fully saturated rings. The average molecular weight is 362 g/mol. The molecule has 1 amide bonds. The van der Waals surface area contributed by atoms with Crippen LogP contribution >= 0.6 is 0 Å². The number of amides is 1. The van der Waals surface area contributed by atoms with Crippen LogP contribution in [0.1, 0.15) is 40.0 Å². The number of carboxylic acids is 2. The summed E-state index contributed by atoms with van der Waals surface area (Å²) in [5.74, 6) is -3.98. The molecule has 144 valence electrons. The molecule has 4 atom stereocenters. The van der Waals surface area contributed by atoms with E-state index in [4.69, 9.17) is 14.9 Å². The number of unbranched alkanes of at least 4 members (excludes halogenated alkanes) is 1. The van der Waals surface area contributed by atoms with E-state index in [0.29, 0.717) is 19.4 Å². The molecule has 0 bridgehead atoms. The summed E-state index contributed by atoms with van der Waals surface area (Å²) in [6.07, 6.45) is -1.56. The van der Waals surface area contributed by atoms with Gasteiger partial charge in [0.25, 0.3) is 0 Å². The van der Waals surface area contributed by atoms with Crippen molar-refractivity contribution >= 4 is 23.8 Å². The zero-order chi connectivity index (χ0) is 19.6. The van der Waals surface area contributed by atoms with Gasteiger partial charge < -0.3 is 30.7 Å². The second kappa shape index (κ2) is 11.4. The number of hydrogen-bond acceptors (Lipinski definition) is 7. The van der Waals surface area contributed by atoms with Gasteiger partial charge in [-0.05, 0) is 46.6 Å². The first kappa shape index (κ1) is 22.8. The Labute approximate surface area is 145 Å². The predicted molar refractivity (Wildman–Crippen MR) is 85.8 cm³/mol. The number of aliphatic carboxylic acids is 2. The highest BCUT2D eigenvalue weighted by Gasteiger charge is 2.27. The molecule has 0 aliphatic heterocycles. The Morgan fingerprint density at radius 2 is 1.60 bits per heavy atom. The SMILES string of the molecule is C[C@H](O)C(=O)N[C@H](CCCCN[C@@H](C)C(=O)O)C(=O)O[C@H](C)C(=O)O. The van der Waals surface area contributed by atoms with Gasteiger partial charge in [0.1, 0.15) is 18.2 Å². The maximum absolute atomic E-state index is 12.0. The lowest BCUT2D eigenvalue weighted by Crippen LogP contribution is -2.46. The van der Waals surface area contributed by atoms with Crippen molar-refractivity contribution in [2.24, 2.45) is 0 Å². The summed E-state index contributed by atoms with van der Waals surface area (Å²) < 4.78 is 4.75. The standard InChI is InChI=1S/C15H26N2O8/c1-8(13(20)21)16-7-5-4-6-11(17-12(19)9(2)18)15(24)25-10(3)14(22)23/h8-11,16,18H,4-7H2,1-3H3,(H,17,19)(H,20,21)(H,22,23)/t8-,9-,10+,11+/m0/s1. The largest absolute Gasteiger partial charge is 0.480 e. The topological polar surface area (TPSA) is 162 Å². The fourth-order valence-corrected chi connectivity index (χ4v) is 1.73. The molecule has 0 aromatic carbocycles. The van der Waals surface area contributed by atoms with E-state index in [0.717, 1.165) is 0 Å². The van der Waals surface area contributed by atoms with Crippen LogP contribution in [0.15, 0.2) is 0 Å². The highest BCUT2D eigenvalue weighted by Crippen LogP contribution is 2.06. The normalized spacial score (nSPS) is 15.5. The lowest BCUT2D eigenvalue weighted by molar-refractivity contribution is -0.164. The van der Waals surface area contributed by atoms with Gasteiger partial charge >= 0.3 is 17.9 Å². The lowest BCUT2D eigenvalue weighted by Gasteiger charge is -2.20. The number of aliphatic hydroxyl groups excluding tert-OH is 1. The van der Waals surface area contributed by atoms with Gasteiger partial charge in [-0.1, -0.05) is 0 Å². The highest BCUT2D eigenvalue weighted by atomic mass is 16.6. The van der Waals surface area contributed by atoms with E-state index in [1.165, 1.54) is 20.8 Å². The average Bonchev–Trinajstić information content (AvgIpc) is 2.52. The van der Waals surface area contributed by atoms with E-state index in [1.54, 1.807) is 0 Å². The number of aliphatic hydroxyl groups is 1. The maximum atomic E-state index is 12.0. The second-order valence-electron chi connectivity index (χ2n) is 5.66. The van der Waals surface area contributed by atoms with Gasteiger partial charge in [-0.2, -0.15) is 0 Å². The smallest absolute Gasteiger partial charge is 0.344 e. The van der Waals surface area contributed by atoms with Crippen molar-refractivity contribution in [1.29, 1.82) is 0 Å². The Bertz CT molecular complexity index is 480. The Kier molecular flexibility index (Phi) is 10.4. The molecule has 0 rings (SSSR count). The lowest BCUT2D eigenvalue weighted by atomic mass is 10.1. The van der Waals surface area contributed by atoms with Crippen molar-refractivity contribution in [3.63, 3.8) is 0 Å². The summed E-state index contributed by atoms with van der Waals surface area (Å²) in [4.78, 5) is 45.0. The van der Waals surface area contributed by atoms with Crippen LogP contribution in [0.3, 0.4) is 0 Å². The molecule has 10 heteroatoms. The van der Waals surface area contributed by atoms with E-state index < -0.39 is 48.1 Å². The predicted octanol–water partition coefficient (Wildman–Crippen LogP) is -0.899. The summed E-state index contributed by atoms with van der Waals surface area (Å²) in [6.45, 7) is 4.31. The highest BCUT2D eigenvalue weighted by molar-refractivity contribution is 5.87. The van der Waals surface area contributed by atoms with Gasteiger partial charge in [0.15, 0.2) is 6.10 Å². The summed E-state index contributed by atoms with van der Waals surface area (Å²) in [5, 5.41) is 31.8. The van der Waals surface area contributed by atoms with E-state index in [9.17, 15) is 24.3 Å². The summed E-state index contributed by atoms with van der Waals surface area (Å²) in [5.41, 5.74) is 0. The Morgan fingerprint density at radius 1 is 1.00 bits per heavy atom. The van der Waals surface area contributed by atoms with Crippen molar-refractivity contribution in [1.82, 2.24) is 10.6 Å². The number of carboxylic acid groups (broad SMARTS) is 2. The van der Waals surface area contributed by atoms with Crippen molar-refractivity contribution in [2.75, 3.05) is 6.54 Å². The van der Waals surface area contributed by atoms with Crippen LogP contribution in [0.4, 0.5) is 0 Å². The number of esters is 1. The Hall–Kier alpha value is -2.20. The van der Waals surface area contributed by atoms with Crippen LogP contribution in [0.5, 0.6) is 0 Å². The third-order valence-corrected chi connectivity index (χ3v) is 3.36. The quantitative estimate of drug-likeness (QED) is 0.219. The molecule has 0 heterocycles. The maximum Gasteiger partial charge on any atom is 0.344 e. The molecule has 0 aliphatic rings. The van der Waals surface area contributed by atoms with E-state index in [2.05, 4.69) is 10.6 Å². The second-order valence-corrected chi connectivity index (χ2v) is 5.66. The summed E-state index contributed by atoms with van der Waals surface area (Å²) >= 11 is 0. The molecule has 0 aromatic rings. The molecule has 0 saturated carbocycles. The first-order valence-corrected chi connectivity index (χ1v) is 7.94. The summed E-state index contributed by atoms with van der Waals surface area (Å²) in [6, 6.07) is -1.80. The zero-order valence-electron chi connectivity index (χ0n) is 14.5. The van der Waals surface area contributed by atoms with Crippen molar-refractivity contribution in [3.8, 4) is 0 Å². The number of nitrogens with one attached hydrogen (secondary N) is 2. The number of hydrogen-bond donors (Lipinski definition) is 5. The summed E-state index contributed by atoms with van der Waals surface area (Å²) in [7, 11) is 0.